The van der Waals surface area contributed by atoms with Crippen LogP contribution in [0.15, 0.2) is 111 Å². The summed E-state index contributed by atoms with van der Waals surface area (Å²) >= 11 is 0. The molecule has 0 aliphatic carbocycles. The van der Waals surface area contributed by atoms with E-state index in [-0.39, 0.29) is 69.5 Å². The highest BCUT2D eigenvalue weighted by molar-refractivity contribution is 5.91. The van der Waals surface area contributed by atoms with Crippen LogP contribution < -0.4 is 51.6 Å². The van der Waals surface area contributed by atoms with Gasteiger partial charge >= 0.3 is 47.8 Å². The van der Waals surface area contributed by atoms with Crippen LogP contribution in [-0.2, 0) is 37.9 Å². The number of aryl methyl sites for hydroxylation is 1. The van der Waals surface area contributed by atoms with Gasteiger partial charge in [-0.1, -0.05) is 125 Å². The molecule has 9 rings (SSSR count). The van der Waals surface area contributed by atoms with Gasteiger partial charge in [0.2, 0.25) is 23.5 Å². The first-order chi connectivity index (χ1) is 58.7. The number of aromatic nitrogens is 18. The lowest BCUT2D eigenvalue weighted by Gasteiger charge is -1.99. The van der Waals surface area contributed by atoms with Gasteiger partial charge in [0, 0.05) is 30.5 Å². The zero-order chi connectivity index (χ0) is 95.8. The third-order valence-electron chi connectivity index (χ3n) is 10.1. The highest BCUT2D eigenvalue weighted by atomic mass is 16.6. The number of carbonyl (C=O) groups is 8. The van der Waals surface area contributed by atoms with Crippen molar-refractivity contribution in [3.8, 4) is 0 Å². The SMILES string of the molecule is CC.CC.CC.CC.CC.CC.CC.CC.CC.CCOC(=O)c1cc(N)cnn1.CCOC(=O)c1ccc(N)nn1.CCOC(=O)c1cnc(N)cn1.CCOC(=O)c1cnc(N)nc1.CCOC(=O)c1cncc(N)n1.CCOC(=O)c1cnnc(N)c1.CCOC(=O)c1ncc(N)cn1.CCOC(=O)c1nccc(N)n1.Cc1ccnc(N)n1. The summed E-state index contributed by atoms with van der Waals surface area (Å²) in [7, 11) is 0. The smallest absolute Gasteiger partial charge is 0.376 e. The van der Waals surface area contributed by atoms with Crippen molar-refractivity contribution in [1.82, 2.24) is 90.4 Å². The van der Waals surface area contributed by atoms with E-state index in [4.69, 9.17) is 61.1 Å². The third kappa shape index (κ3) is 66.8. The number of nitrogens with zero attached hydrogens (tertiary/aromatic N) is 18. The predicted octanol–water partition coefficient (Wildman–Crippen LogP) is 11.5. The van der Waals surface area contributed by atoms with E-state index in [1.54, 1.807) is 67.7 Å². The van der Waals surface area contributed by atoms with Crippen molar-refractivity contribution in [2.75, 3.05) is 104 Å². The molecule has 0 fully saturated rings. The number of esters is 8. The molecule has 0 aliphatic heterocycles. The maximum Gasteiger partial charge on any atom is 0.376 e. The van der Waals surface area contributed by atoms with Crippen LogP contribution in [0.4, 0.5) is 52.4 Å². The quantitative estimate of drug-likeness (QED) is 0.0320. The number of nitrogen functional groups attached to an aromatic ring is 9. The molecule has 0 unspecified atom stereocenters. The molecule has 43 nitrogen and oxygen atoms in total. The average molecular weight is 1720 g/mol. The summed E-state index contributed by atoms with van der Waals surface area (Å²) < 4.78 is 37.5. The minimum absolute atomic E-state index is 0.00292. The van der Waals surface area contributed by atoms with E-state index in [2.05, 4.69) is 119 Å². The van der Waals surface area contributed by atoms with Crippen LogP contribution >= 0.6 is 0 Å². The van der Waals surface area contributed by atoms with Gasteiger partial charge in [0.25, 0.3) is 0 Å². The van der Waals surface area contributed by atoms with Crippen LogP contribution in [0.5, 0.6) is 0 Å². The Kier molecular flexibility index (Phi) is 91.8. The molecular weight excluding hydrogens is 1580 g/mol. The number of hydrogen-bond acceptors (Lipinski definition) is 43. The summed E-state index contributed by atoms with van der Waals surface area (Å²) in [4.78, 5) is 132. The zero-order valence-electron chi connectivity index (χ0n) is 75.8. The van der Waals surface area contributed by atoms with Crippen LogP contribution in [0.25, 0.3) is 0 Å². The minimum atomic E-state index is -0.551. The molecule has 9 aromatic rings. The molecule has 0 spiro atoms. The molecule has 0 amide bonds. The largest absolute Gasteiger partial charge is 0.462 e. The highest BCUT2D eigenvalue weighted by Gasteiger charge is 2.14. The molecule has 122 heavy (non-hydrogen) atoms. The second-order valence-electron chi connectivity index (χ2n) is 18.0. The van der Waals surface area contributed by atoms with Gasteiger partial charge in [0.05, 0.1) is 125 Å². The van der Waals surface area contributed by atoms with Crippen molar-refractivity contribution in [3.05, 3.63) is 162 Å². The Morgan fingerprint density at radius 2 is 0.705 bits per heavy atom. The summed E-state index contributed by atoms with van der Waals surface area (Å²) in [5.41, 5.74) is 50.6. The van der Waals surface area contributed by atoms with E-state index in [0.717, 1.165) is 5.69 Å². The maximum absolute atomic E-state index is 11.1. The van der Waals surface area contributed by atoms with Gasteiger partial charge in [-0.05, 0) is 98.7 Å². The third-order valence-corrected chi connectivity index (χ3v) is 10.1. The lowest BCUT2D eigenvalue weighted by atomic mass is 10.3. The molecule has 680 valence electrons. The van der Waals surface area contributed by atoms with Gasteiger partial charge in [-0.15, -0.1) is 20.4 Å². The first-order valence-electron chi connectivity index (χ1n) is 39.2. The van der Waals surface area contributed by atoms with Gasteiger partial charge in [-0.3, -0.25) is 4.98 Å². The first-order valence-corrected chi connectivity index (χ1v) is 39.2. The topological polar surface area (TPSA) is 677 Å². The van der Waals surface area contributed by atoms with Crippen molar-refractivity contribution < 1.29 is 76.3 Å². The fourth-order valence-corrected chi connectivity index (χ4v) is 5.82. The molecular formula is C79H133N27O16. The summed E-state index contributed by atoms with van der Waals surface area (Å²) in [5, 5.41) is 21.1. The molecule has 0 radical (unpaired) electrons. The summed E-state index contributed by atoms with van der Waals surface area (Å²) in [6.07, 6.45) is 16.4. The summed E-state index contributed by atoms with van der Waals surface area (Å²) in [5.74, 6) is -2.17. The molecule has 43 heteroatoms. The molecule has 0 saturated carbocycles. The summed E-state index contributed by atoms with van der Waals surface area (Å²) in [6.45, 7) is 54.2. The predicted molar refractivity (Wildman–Crippen MR) is 473 cm³/mol. The molecule has 9 aromatic heterocycles. The fraction of sp³-hybridized carbons (Fsp3) is 0.443. The zero-order valence-corrected chi connectivity index (χ0v) is 75.8. The van der Waals surface area contributed by atoms with E-state index in [1.165, 1.54) is 98.5 Å². The van der Waals surface area contributed by atoms with Crippen molar-refractivity contribution in [2.24, 2.45) is 0 Å². The van der Waals surface area contributed by atoms with Crippen LogP contribution in [0, 0.1) is 6.92 Å². The second kappa shape index (κ2) is 89.0. The highest BCUT2D eigenvalue weighted by Crippen LogP contribution is 2.07. The van der Waals surface area contributed by atoms with E-state index in [0.29, 0.717) is 81.3 Å². The Balaban J connectivity index is -0.000000164. The Bertz CT molecular complexity index is 3580. The van der Waals surface area contributed by atoms with Gasteiger partial charge < -0.3 is 89.5 Å². The molecule has 0 aliphatic rings. The van der Waals surface area contributed by atoms with Gasteiger partial charge in [-0.25, -0.2) is 93.2 Å². The van der Waals surface area contributed by atoms with Crippen LogP contribution in [-0.4, -0.2) is 191 Å². The molecule has 9 heterocycles. The number of ether oxygens (including phenoxy) is 8. The number of hydrogen-bond donors (Lipinski definition) is 9. The molecule has 0 atom stereocenters. The van der Waals surface area contributed by atoms with Crippen molar-refractivity contribution >= 4 is 100 Å². The minimum Gasteiger partial charge on any atom is -0.462 e. The molecule has 0 aromatic carbocycles. The normalized spacial score (nSPS) is 8.45. The van der Waals surface area contributed by atoms with Crippen LogP contribution in [0.2, 0.25) is 0 Å². The van der Waals surface area contributed by atoms with Crippen LogP contribution in [0.1, 0.15) is 270 Å². The van der Waals surface area contributed by atoms with E-state index in [1.807, 2.05) is 132 Å². The number of nitrogens with two attached hydrogens (primary N) is 9. The van der Waals surface area contributed by atoms with E-state index < -0.39 is 47.8 Å². The monoisotopic (exact) mass is 1720 g/mol. The second-order valence-corrected chi connectivity index (χ2v) is 18.0. The number of carbonyl (C=O) groups excluding carboxylic acids is 8. The lowest BCUT2D eigenvalue weighted by molar-refractivity contribution is 0.0503. The van der Waals surface area contributed by atoms with Gasteiger partial charge in [-0.2, -0.15) is 10.2 Å². The standard InChI is InChI=1S/8C7H9N3O2.C5H7N3.9C2H6/c1-2-12-7(11)5-3-10-6(8)4-9-5;1-2-12-7(11)5-3-9-4-6(8)10-5;1-2-12-7(11)6-9-3-5(8)4-10-6;1-2-12-6(11)5-3-9-7(8)10-4-5;1-2-12-7(11)6-3-5(8)4-9-10-6;1-2-12-7(11)5-3-6(8)10-9-4-5;1-2-12-7(11)6-9-4-3-5(8)10-6;1-2-12-7(11)5-3-4-6(8)10-9-5;1-4-2-3-7-5(6)8-4;9*1-2/h2*3-4H,2H2,1H3,(H2,8,10);3-4H,2,8H2,1H3;3-4H,2H2,1H3,(H2,8,9,10);2*3-4H,2H2,1H3,(H2,8,10);3-4H,2H2,1H3,(H2,8,9,10);3-4H,2H2,1H3,(H2,8,10);2-3H,1H3,(H2,6,7,8);9*1-2H3. The Hall–Kier alpha value is -14.3. The number of anilines is 9. The van der Waals surface area contributed by atoms with E-state index in [9.17, 15) is 38.4 Å². The summed E-state index contributed by atoms with van der Waals surface area (Å²) in [6, 6.07) is 9.12. The van der Waals surface area contributed by atoms with Gasteiger partial charge in [0.15, 0.2) is 22.8 Å². The molecule has 0 bridgehead atoms. The van der Waals surface area contributed by atoms with Crippen molar-refractivity contribution in [3.63, 3.8) is 0 Å². The Morgan fingerprint density at radius 3 is 1.11 bits per heavy atom. The van der Waals surface area contributed by atoms with Crippen molar-refractivity contribution in [1.29, 1.82) is 0 Å². The first kappa shape index (κ1) is 126. The maximum atomic E-state index is 11.1. The fourth-order valence-electron chi connectivity index (χ4n) is 5.82. The Morgan fingerprint density at radius 1 is 0.270 bits per heavy atom. The van der Waals surface area contributed by atoms with Crippen molar-refractivity contribution in [2.45, 2.75) is 187 Å². The van der Waals surface area contributed by atoms with Crippen LogP contribution in [0.3, 0.4) is 0 Å². The number of rotatable bonds is 16. The lowest BCUT2D eigenvalue weighted by Crippen LogP contribution is -2.10. The van der Waals surface area contributed by atoms with Gasteiger partial charge in [0.1, 0.15) is 29.1 Å². The molecule has 0 saturated heterocycles. The van der Waals surface area contributed by atoms with E-state index >= 15 is 0 Å². The Labute approximate surface area is 717 Å². The average Bonchev–Trinajstić information content (AvgIpc) is 0.878. The molecule has 18 N–H and O–H groups in total.